The van der Waals surface area contributed by atoms with Gasteiger partial charge in [-0.15, -0.1) is 0 Å². The van der Waals surface area contributed by atoms with E-state index in [-0.39, 0.29) is 0 Å². The standard InChI is InChI=1S/C13H22N2O2S/c1-3-4-11-15(2)18(16,17)13-7-5-12(6-8-13)9-10-14/h5-8H,3-4,9-11,14H2,1-2H3. The minimum Gasteiger partial charge on any atom is -0.330 e. The molecule has 18 heavy (non-hydrogen) atoms. The van der Waals surface area contributed by atoms with Gasteiger partial charge in [-0.3, -0.25) is 0 Å². The maximum absolute atomic E-state index is 12.2. The first kappa shape index (κ1) is 15.1. The summed E-state index contributed by atoms with van der Waals surface area (Å²) in [5.41, 5.74) is 6.52. The summed E-state index contributed by atoms with van der Waals surface area (Å²) in [6, 6.07) is 6.96. The number of benzene rings is 1. The van der Waals surface area contributed by atoms with Gasteiger partial charge in [-0.25, -0.2) is 12.7 Å². The van der Waals surface area contributed by atoms with E-state index in [1.54, 1.807) is 19.2 Å². The van der Waals surface area contributed by atoms with E-state index < -0.39 is 10.0 Å². The molecular weight excluding hydrogens is 248 g/mol. The summed E-state index contributed by atoms with van der Waals surface area (Å²) in [5, 5.41) is 0. The Kier molecular flexibility index (Phi) is 5.78. The lowest BCUT2D eigenvalue weighted by Gasteiger charge is -2.16. The summed E-state index contributed by atoms with van der Waals surface area (Å²) >= 11 is 0. The van der Waals surface area contributed by atoms with E-state index in [0.717, 1.165) is 24.8 Å². The third kappa shape index (κ3) is 3.80. The molecule has 0 aliphatic rings. The third-order valence-electron chi connectivity index (χ3n) is 2.89. The van der Waals surface area contributed by atoms with Crippen LogP contribution in [0.5, 0.6) is 0 Å². The van der Waals surface area contributed by atoms with Crippen molar-refractivity contribution in [1.29, 1.82) is 0 Å². The van der Waals surface area contributed by atoms with Crippen LogP contribution in [0.4, 0.5) is 0 Å². The molecule has 0 saturated heterocycles. The van der Waals surface area contributed by atoms with E-state index >= 15 is 0 Å². The van der Waals surface area contributed by atoms with Crippen molar-refractivity contribution in [1.82, 2.24) is 4.31 Å². The van der Waals surface area contributed by atoms with E-state index in [9.17, 15) is 8.42 Å². The van der Waals surface area contributed by atoms with E-state index in [1.165, 1.54) is 4.31 Å². The van der Waals surface area contributed by atoms with Gasteiger partial charge in [0.2, 0.25) is 10.0 Å². The molecule has 1 rings (SSSR count). The average molecular weight is 270 g/mol. The largest absolute Gasteiger partial charge is 0.330 e. The first-order valence-corrected chi connectivity index (χ1v) is 7.71. The predicted molar refractivity (Wildman–Crippen MR) is 73.9 cm³/mol. The molecular formula is C13H22N2O2S. The van der Waals surface area contributed by atoms with Gasteiger partial charge in [-0.1, -0.05) is 25.5 Å². The molecule has 1 aromatic carbocycles. The zero-order valence-corrected chi connectivity index (χ0v) is 11.9. The van der Waals surface area contributed by atoms with Crippen molar-refractivity contribution < 1.29 is 8.42 Å². The van der Waals surface area contributed by atoms with Crippen LogP contribution in [-0.2, 0) is 16.4 Å². The van der Waals surface area contributed by atoms with Crippen LogP contribution < -0.4 is 5.73 Å². The van der Waals surface area contributed by atoms with Gasteiger partial charge >= 0.3 is 0 Å². The summed E-state index contributed by atoms with van der Waals surface area (Å²) in [4.78, 5) is 0.349. The number of nitrogens with two attached hydrogens (primary N) is 1. The molecule has 0 bridgehead atoms. The molecule has 0 spiro atoms. The van der Waals surface area contributed by atoms with Crippen LogP contribution in [0.25, 0.3) is 0 Å². The second-order valence-electron chi connectivity index (χ2n) is 4.36. The van der Waals surface area contributed by atoms with Crippen LogP contribution in [0, 0.1) is 0 Å². The summed E-state index contributed by atoms with van der Waals surface area (Å²) in [6.45, 7) is 3.17. The van der Waals surface area contributed by atoms with E-state index in [1.807, 2.05) is 19.1 Å². The van der Waals surface area contributed by atoms with Crippen molar-refractivity contribution in [3.63, 3.8) is 0 Å². The third-order valence-corrected chi connectivity index (χ3v) is 4.76. The van der Waals surface area contributed by atoms with Crippen molar-refractivity contribution in [3.8, 4) is 0 Å². The Labute approximate surface area is 110 Å². The lowest BCUT2D eigenvalue weighted by atomic mass is 10.2. The van der Waals surface area contributed by atoms with Gasteiger partial charge < -0.3 is 5.73 Å². The molecule has 0 aliphatic heterocycles. The van der Waals surface area contributed by atoms with Crippen molar-refractivity contribution in [2.24, 2.45) is 5.73 Å². The summed E-state index contributed by atoms with van der Waals surface area (Å²) in [6.07, 6.45) is 2.63. The number of hydrogen-bond acceptors (Lipinski definition) is 3. The maximum atomic E-state index is 12.2. The lowest BCUT2D eigenvalue weighted by molar-refractivity contribution is 0.459. The highest BCUT2D eigenvalue weighted by atomic mass is 32.2. The highest BCUT2D eigenvalue weighted by Gasteiger charge is 2.19. The Morgan fingerprint density at radius 3 is 2.33 bits per heavy atom. The van der Waals surface area contributed by atoms with Crippen molar-refractivity contribution >= 4 is 10.0 Å². The second-order valence-corrected chi connectivity index (χ2v) is 6.41. The maximum Gasteiger partial charge on any atom is 0.242 e. The van der Waals surface area contributed by atoms with Gasteiger partial charge in [0.25, 0.3) is 0 Å². The first-order valence-electron chi connectivity index (χ1n) is 6.27. The average Bonchev–Trinajstić information content (AvgIpc) is 2.37. The summed E-state index contributed by atoms with van der Waals surface area (Å²) in [5.74, 6) is 0. The Morgan fingerprint density at radius 2 is 1.83 bits per heavy atom. The molecule has 0 saturated carbocycles. The second kappa shape index (κ2) is 6.87. The molecule has 0 radical (unpaired) electrons. The minimum absolute atomic E-state index is 0.349. The molecule has 0 amide bonds. The molecule has 0 heterocycles. The molecule has 5 heteroatoms. The number of sulfonamides is 1. The Balaban J connectivity index is 2.84. The molecule has 0 unspecified atom stereocenters. The molecule has 0 aromatic heterocycles. The van der Waals surface area contributed by atoms with Gasteiger partial charge in [-0.2, -0.15) is 0 Å². The number of nitrogens with zero attached hydrogens (tertiary/aromatic N) is 1. The van der Waals surface area contributed by atoms with Gasteiger partial charge in [0.15, 0.2) is 0 Å². The minimum atomic E-state index is -3.34. The van der Waals surface area contributed by atoms with Gasteiger partial charge in [-0.05, 0) is 37.1 Å². The Hall–Kier alpha value is -0.910. The zero-order chi connectivity index (χ0) is 13.6. The first-order chi connectivity index (χ1) is 8.52. The fourth-order valence-electron chi connectivity index (χ4n) is 1.68. The number of unbranched alkanes of at least 4 members (excludes halogenated alkanes) is 1. The fraction of sp³-hybridized carbons (Fsp3) is 0.538. The molecule has 4 nitrogen and oxygen atoms in total. The van der Waals surface area contributed by atoms with Gasteiger partial charge in [0, 0.05) is 13.6 Å². The van der Waals surface area contributed by atoms with Crippen molar-refractivity contribution in [2.45, 2.75) is 31.1 Å². The van der Waals surface area contributed by atoms with Crippen LogP contribution in [0.1, 0.15) is 25.3 Å². The van der Waals surface area contributed by atoms with E-state index in [4.69, 9.17) is 5.73 Å². The fourth-order valence-corrected chi connectivity index (χ4v) is 2.89. The molecule has 0 fully saturated rings. The van der Waals surface area contributed by atoms with Crippen molar-refractivity contribution in [2.75, 3.05) is 20.1 Å². The molecule has 0 aliphatic carbocycles. The lowest BCUT2D eigenvalue weighted by Crippen LogP contribution is -2.27. The monoisotopic (exact) mass is 270 g/mol. The Morgan fingerprint density at radius 1 is 1.22 bits per heavy atom. The predicted octanol–water partition coefficient (Wildman–Crippen LogP) is 1.61. The van der Waals surface area contributed by atoms with Crippen molar-refractivity contribution in [3.05, 3.63) is 29.8 Å². The summed E-state index contributed by atoms with van der Waals surface area (Å²) < 4.78 is 25.8. The van der Waals surface area contributed by atoms with Crippen LogP contribution in [0.2, 0.25) is 0 Å². The van der Waals surface area contributed by atoms with Crippen LogP contribution in [-0.4, -0.2) is 32.9 Å². The van der Waals surface area contributed by atoms with E-state index in [2.05, 4.69) is 0 Å². The van der Waals surface area contributed by atoms with Crippen LogP contribution in [0.3, 0.4) is 0 Å². The zero-order valence-electron chi connectivity index (χ0n) is 11.1. The van der Waals surface area contributed by atoms with E-state index in [0.29, 0.717) is 18.0 Å². The van der Waals surface area contributed by atoms with Crippen LogP contribution in [0.15, 0.2) is 29.2 Å². The highest BCUT2D eigenvalue weighted by Crippen LogP contribution is 2.15. The number of hydrogen-bond donors (Lipinski definition) is 1. The summed E-state index contributed by atoms with van der Waals surface area (Å²) in [7, 11) is -1.72. The smallest absolute Gasteiger partial charge is 0.242 e. The highest BCUT2D eigenvalue weighted by molar-refractivity contribution is 7.89. The molecule has 102 valence electrons. The molecule has 2 N–H and O–H groups in total. The molecule has 0 atom stereocenters. The molecule has 1 aromatic rings. The Bertz CT molecular complexity index is 454. The SMILES string of the molecule is CCCCN(C)S(=O)(=O)c1ccc(CCN)cc1. The van der Waals surface area contributed by atoms with Gasteiger partial charge in [0.05, 0.1) is 4.90 Å². The normalized spacial score (nSPS) is 12.0. The van der Waals surface area contributed by atoms with Gasteiger partial charge in [0.1, 0.15) is 0 Å². The quantitative estimate of drug-likeness (QED) is 0.818. The van der Waals surface area contributed by atoms with Crippen LogP contribution >= 0.6 is 0 Å². The number of rotatable bonds is 7. The topological polar surface area (TPSA) is 63.4 Å².